The number of halogens is 3. The standard InChI is InChI=1S/C13H9F3N2S/c14-8-5-6-12(10(16)7-8)18-13(19)17-11-4-2-1-3-9(11)15/h1-7H,(H2,17,18,19). The van der Waals surface area contributed by atoms with E-state index in [1.54, 1.807) is 6.07 Å². The quantitative estimate of drug-likeness (QED) is 0.817. The van der Waals surface area contributed by atoms with Crippen molar-refractivity contribution in [3.8, 4) is 0 Å². The lowest BCUT2D eigenvalue weighted by Gasteiger charge is -2.11. The molecule has 0 aliphatic carbocycles. The summed E-state index contributed by atoms with van der Waals surface area (Å²) in [4.78, 5) is 0. The maximum Gasteiger partial charge on any atom is 0.175 e. The molecule has 2 rings (SSSR count). The lowest BCUT2D eigenvalue weighted by atomic mass is 10.3. The Kier molecular flexibility index (Phi) is 4.01. The van der Waals surface area contributed by atoms with Gasteiger partial charge in [0.1, 0.15) is 17.5 Å². The molecule has 0 aromatic heterocycles. The Balaban J connectivity index is 2.08. The summed E-state index contributed by atoms with van der Waals surface area (Å²) in [7, 11) is 0. The summed E-state index contributed by atoms with van der Waals surface area (Å²) in [6, 6.07) is 8.96. The van der Waals surface area contributed by atoms with Crippen LogP contribution in [0.2, 0.25) is 0 Å². The van der Waals surface area contributed by atoms with Gasteiger partial charge in [-0.3, -0.25) is 0 Å². The second kappa shape index (κ2) is 5.71. The predicted molar refractivity (Wildman–Crippen MR) is 72.6 cm³/mol. The molecule has 2 nitrogen and oxygen atoms in total. The number of anilines is 2. The zero-order chi connectivity index (χ0) is 13.8. The van der Waals surface area contributed by atoms with Crippen LogP contribution in [0, 0.1) is 17.5 Å². The van der Waals surface area contributed by atoms with Crippen LogP contribution < -0.4 is 10.6 Å². The van der Waals surface area contributed by atoms with Crippen molar-refractivity contribution in [3.63, 3.8) is 0 Å². The first-order valence-corrected chi connectivity index (χ1v) is 5.74. The predicted octanol–water partition coefficient (Wildman–Crippen LogP) is 3.91. The van der Waals surface area contributed by atoms with E-state index in [9.17, 15) is 13.2 Å². The lowest BCUT2D eigenvalue weighted by molar-refractivity contribution is 0.586. The average Bonchev–Trinajstić information content (AvgIpc) is 2.36. The van der Waals surface area contributed by atoms with Crippen molar-refractivity contribution in [2.45, 2.75) is 0 Å². The summed E-state index contributed by atoms with van der Waals surface area (Å²) < 4.78 is 39.4. The third kappa shape index (κ3) is 3.45. The highest BCUT2D eigenvalue weighted by molar-refractivity contribution is 7.80. The fourth-order valence-electron chi connectivity index (χ4n) is 1.43. The van der Waals surface area contributed by atoms with Gasteiger partial charge in [-0.1, -0.05) is 12.1 Å². The van der Waals surface area contributed by atoms with E-state index in [-0.39, 0.29) is 16.5 Å². The smallest absolute Gasteiger partial charge is 0.175 e. The van der Waals surface area contributed by atoms with Crippen LogP contribution in [0.1, 0.15) is 0 Å². The number of thiocarbonyl (C=S) groups is 1. The highest BCUT2D eigenvalue weighted by atomic mass is 32.1. The molecule has 0 atom stereocenters. The normalized spacial score (nSPS) is 10.1. The first kappa shape index (κ1) is 13.4. The van der Waals surface area contributed by atoms with E-state index in [0.29, 0.717) is 0 Å². The van der Waals surface area contributed by atoms with Crippen molar-refractivity contribution in [1.29, 1.82) is 0 Å². The molecule has 2 aromatic rings. The molecule has 0 amide bonds. The molecule has 0 heterocycles. The fourth-order valence-corrected chi connectivity index (χ4v) is 1.65. The van der Waals surface area contributed by atoms with E-state index in [0.717, 1.165) is 12.1 Å². The number of hydrogen-bond donors (Lipinski definition) is 2. The zero-order valence-corrected chi connectivity index (χ0v) is 10.4. The molecule has 0 spiro atoms. The highest BCUT2D eigenvalue weighted by Crippen LogP contribution is 2.16. The van der Waals surface area contributed by atoms with Gasteiger partial charge in [-0.15, -0.1) is 0 Å². The number of hydrogen-bond acceptors (Lipinski definition) is 1. The summed E-state index contributed by atoms with van der Waals surface area (Å²) in [5.41, 5.74) is 0.178. The van der Waals surface area contributed by atoms with Gasteiger partial charge in [0, 0.05) is 6.07 Å². The molecule has 98 valence electrons. The van der Waals surface area contributed by atoms with Gasteiger partial charge in [-0.05, 0) is 36.5 Å². The number of benzene rings is 2. The van der Waals surface area contributed by atoms with Gasteiger partial charge in [-0.2, -0.15) is 0 Å². The highest BCUT2D eigenvalue weighted by Gasteiger charge is 2.07. The van der Waals surface area contributed by atoms with Crippen molar-refractivity contribution < 1.29 is 13.2 Å². The SMILES string of the molecule is Fc1ccc(NC(=S)Nc2ccccc2F)c(F)c1. The van der Waals surface area contributed by atoms with Crippen LogP contribution >= 0.6 is 12.2 Å². The second-order valence-electron chi connectivity index (χ2n) is 3.68. The van der Waals surface area contributed by atoms with E-state index < -0.39 is 17.5 Å². The fraction of sp³-hybridized carbons (Fsp3) is 0. The van der Waals surface area contributed by atoms with Gasteiger partial charge in [-0.25, -0.2) is 13.2 Å². The average molecular weight is 282 g/mol. The summed E-state index contributed by atoms with van der Waals surface area (Å²) in [6.07, 6.45) is 0. The third-order valence-electron chi connectivity index (χ3n) is 2.30. The van der Waals surface area contributed by atoms with E-state index in [4.69, 9.17) is 12.2 Å². The van der Waals surface area contributed by atoms with E-state index in [1.165, 1.54) is 24.3 Å². The summed E-state index contributed by atoms with van der Waals surface area (Å²) in [5.74, 6) is -1.94. The van der Waals surface area contributed by atoms with Crippen LogP contribution in [0.25, 0.3) is 0 Å². The molecule has 19 heavy (non-hydrogen) atoms. The Morgan fingerprint density at radius 3 is 2.11 bits per heavy atom. The van der Waals surface area contributed by atoms with E-state index >= 15 is 0 Å². The van der Waals surface area contributed by atoms with Crippen LogP contribution in [-0.2, 0) is 0 Å². The molecule has 0 aliphatic heterocycles. The second-order valence-corrected chi connectivity index (χ2v) is 4.09. The molecule has 6 heteroatoms. The Bertz CT molecular complexity index is 617. The van der Waals surface area contributed by atoms with E-state index in [2.05, 4.69) is 10.6 Å². The molecule has 0 saturated carbocycles. The minimum absolute atomic E-state index is 0.00948. The Morgan fingerprint density at radius 1 is 0.842 bits per heavy atom. The van der Waals surface area contributed by atoms with Crippen LogP contribution in [0.4, 0.5) is 24.5 Å². The number of rotatable bonds is 2. The van der Waals surface area contributed by atoms with Crippen LogP contribution in [-0.4, -0.2) is 5.11 Å². The van der Waals surface area contributed by atoms with Gasteiger partial charge < -0.3 is 10.6 Å². The molecular weight excluding hydrogens is 273 g/mol. The molecule has 0 fully saturated rings. The third-order valence-corrected chi connectivity index (χ3v) is 2.51. The zero-order valence-electron chi connectivity index (χ0n) is 9.58. The monoisotopic (exact) mass is 282 g/mol. The van der Waals surface area contributed by atoms with Crippen molar-refractivity contribution in [2.24, 2.45) is 0 Å². The topological polar surface area (TPSA) is 24.1 Å². The van der Waals surface area contributed by atoms with Gasteiger partial charge in [0.05, 0.1) is 11.4 Å². The number of para-hydroxylation sites is 1. The van der Waals surface area contributed by atoms with Crippen molar-refractivity contribution in [3.05, 3.63) is 59.9 Å². The summed E-state index contributed by atoms with van der Waals surface area (Å²) in [6.45, 7) is 0. The Labute approximate surface area is 113 Å². The molecule has 0 aliphatic rings. The minimum atomic E-state index is -0.780. The van der Waals surface area contributed by atoms with Crippen LogP contribution in [0.5, 0.6) is 0 Å². The molecule has 2 N–H and O–H groups in total. The molecule has 2 aromatic carbocycles. The van der Waals surface area contributed by atoms with Crippen LogP contribution in [0.15, 0.2) is 42.5 Å². The maximum absolute atomic E-state index is 13.4. The molecular formula is C13H9F3N2S. The molecule has 0 radical (unpaired) electrons. The largest absolute Gasteiger partial charge is 0.330 e. The first-order chi connectivity index (χ1) is 9.06. The van der Waals surface area contributed by atoms with Gasteiger partial charge in [0.15, 0.2) is 5.11 Å². The number of nitrogens with one attached hydrogen (secondary N) is 2. The van der Waals surface area contributed by atoms with Gasteiger partial charge >= 0.3 is 0 Å². The van der Waals surface area contributed by atoms with Crippen molar-refractivity contribution in [2.75, 3.05) is 10.6 Å². The first-order valence-electron chi connectivity index (χ1n) is 5.34. The van der Waals surface area contributed by atoms with Crippen molar-refractivity contribution in [1.82, 2.24) is 0 Å². The lowest BCUT2D eigenvalue weighted by Crippen LogP contribution is -2.20. The Hall–Kier alpha value is -2.08. The molecule has 0 unspecified atom stereocenters. The van der Waals surface area contributed by atoms with Crippen LogP contribution in [0.3, 0.4) is 0 Å². The van der Waals surface area contributed by atoms with Gasteiger partial charge in [0.25, 0.3) is 0 Å². The minimum Gasteiger partial charge on any atom is -0.330 e. The summed E-state index contributed by atoms with van der Waals surface area (Å²) in [5, 5.41) is 5.12. The van der Waals surface area contributed by atoms with E-state index in [1.807, 2.05) is 0 Å². The molecule has 0 saturated heterocycles. The summed E-state index contributed by atoms with van der Waals surface area (Å²) >= 11 is 4.92. The maximum atomic E-state index is 13.4. The molecule has 0 bridgehead atoms. The van der Waals surface area contributed by atoms with Gasteiger partial charge in [0.2, 0.25) is 0 Å². The Morgan fingerprint density at radius 2 is 1.47 bits per heavy atom. The van der Waals surface area contributed by atoms with Crippen molar-refractivity contribution >= 4 is 28.7 Å².